The fourth-order valence-corrected chi connectivity index (χ4v) is 3.71. The summed E-state index contributed by atoms with van der Waals surface area (Å²) >= 11 is 1.04. The number of thioether (sulfide) groups is 1. The van der Waals surface area contributed by atoms with Gasteiger partial charge in [-0.2, -0.15) is 0 Å². The van der Waals surface area contributed by atoms with Gasteiger partial charge in [-0.25, -0.2) is 9.18 Å². The fraction of sp³-hybridized carbons (Fsp3) is 0.250. The van der Waals surface area contributed by atoms with Crippen LogP contribution in [0.4, 0.5) is 10.2 Å². The highest BCUT2D eigenvalue weighted by Crippen LogP contribution is 2.21. The molecule has 0 saturated carbocycles. The van der Waals surface area contributed by atoms with Gasteiger partial charge in [-0.3, -0.25) is 23.3 Å². The number of Topliss-reactive ketones (excluding diaryl/α,β-unsaturated/α-hetero) is 1. The van der Waals surface area contributed by atoms with E-state index < -0.39 is 22.8 Å². The molecule has 0 radical (unpaired) electrons. The van der Waals surface area contributed by atoms with Gasteiger partial charge in [-0.1, -0.05) is 30.0 Å². The maximum Gasteiger partial charge on any atom is 0.332 e. The van der Waals surface area contributed by atoms with Crippen molar-refractivity contribution in [2.75, 3.05) is 11.5 Å². The Morgan fingerprint density at radius 2 is 1.97 bits per heavy atom. The summed E-state index contributed by atoms with van der Waals surface area (Å²) in [4.78, 5) is 37.0. The number of anilines is 1. The van der Waals surface area contributed by atoms with E-state index in [1.807, 2.05) is 0 Å². The van der Waals surface area contributed by atoms with Gasteiger partial charge in [0, 0.05) is 20.6 Å². The Morgan fingerprint density at radius 3 is 2.66 bits per heavy atom. The second-order valence-corrected chi connectivity index (χ2v) is 7.64. The van der Waals surface area contributed by atoms with Crippen LogP contribution in [-0.2, 0) is 27.2 Å². The van der Waals surface area contributed by atoms with Crippen molar-refractivity contribution in [1.82, 2.24) is 23.9 Å². The predicted molar refractivity (Wildman–Crippen MR) is 117 cm³/mol. The van der Waals surface area contributed by atoms with Crippen LogP contribution in [0.1, 0.15) is 16.2 Å². The number of halogens is 1. The molecule has 32 heavy (non-hydrogen) atoms. The zero-order valence-corrected chi connectivity index (χ0v) is 18.3. The molecule has 2 heterocycles. The maximum absolute atomic E-state index is 13.8. The molecule has 0 fully saturated rings. The number of nitrogens with two attached hydrogens (primary N) is 1. The number of ether oxygens (including phenoxy) is 1. The Kier molecular flexibility index (Phi) is 6.93. The smallest absolute Gasteiger partial charge is 0.332 e. The van der Waals surface area contributed by atoms with E-state index in [-0.39, 0.29) is 29.5 Å². The lowest BCUT2D eigenvalue weighted by Gasteiger charge is -2.11. The van der Waals surface area contributed by atoms with E-state index in [4.69, 9.17) is 10.5 Å². The van der Waals surface area contributed by atoms with Crippen LogP contribution in [0.5, 0.6) is 5.75 Å². The third-order valence-electron chi connectivity index (χ3n) is 4.62. The number of nitrogen functional groups attached to an aromatic ring is 1. The van der Waals surface area contributed by atoms with Crippen LogP contribution in [0.3, 0.4) is 0 Å². The van der Waals surface area contributed by atoms with Crippen molar-refractivity contribution in [3.05, 3.63) is 75.0 Å². The summed E-state index contributed by atoms with van der Waals surface area (Å²) in [5, 5.41) is 8.50. The first-order chi connectivity index (χ1) is 15.3. The number of aromatic nitrogens is 5. The van der Waals surface area contributed by atoms with Crippen LogP contribution in [0.2, 0.25) is 0 Å². The van der Waals surface area contributed by atoms with Crippen LogP contribution in [0.15, 0.2) is 51.7 Å². The van der Waals surface area contributed by atoms with Crippen LogP contribution in [-0.4, -0.2) is 35.4 Å². The van der Waals surface area contributed by atoms with E-state index in [1.165, 1.54) is 26.2 Å². The summed E-state index contributed by atoms with van der Waals surface area (Å²) in [6, 6.07) is 5.98. The summed E-state index contributed by atoms with van der Waals surface area (Å²) in [5.41, 5.74) is 4.19. The summed E-state index contributed by atoms with van der Waals surface area (Å²) < 4.78 is 22.8. The monoisotopic (exact) mass is 460 g/mol. The minimum absolute atomic E-state index is 0.0510. The molecule has 0 spiro atoms. The second kappa shape index (κ2) is 9.64. The highest BCUT2D eigenvalue weighted by atomic mass is 32.2. The summed E-state index contributed by atoms with van der Waals surface area (Å²) in [7, 11) is 2.65. The minimum Gasteiger partial charge on any atom is -0.483 e. The lowest BCUT2D eigenvalue weighted by atomic mass is 10.2. The summed E-state index contributed by atoms with van der Waals surface area (Å²) in [6.45, 7) is 3.97. The number of rotatable bonds is 9. The standard InChI is InChI=1S/C20H21FN6O4S/c1-4-9-27-15(10-31-14-8-6-5-7-12(14)21)23-24-19(27)32-11-13(28)16-17(22)25(2)20(30)26(3)18(16)29/h4-8H,1,9-11,22H2,2-3H3. The SMILES string of the molecule is C=CCn1c(COc2ccccc2F)nnc1SCC(=O)c1c(N)n(C)c(=O)n(C)c1=O. The van der Waals surface area contributed by atoms with E-state index >= 15 is 0 Å². The largest absolute Gasteiger partial charge is 0.483 e. The van der Waals surface area contributed by atoms with Crippen molar-refractivity contribution in [2.45, 2.75) is 18.3 Å². The van der Waals surface area contributed by atoms with Crippen molar-refractivity contribution >= 4 is 23.4 Å². The van der Waals surface area contributed by atoms with Crippen LogP contribution < -0.4 is 21.7 Å². The molecule has 12 heteroatoms. The lowest BCUT2D eigenvalue weighted by molar-refractivity contribution is 0.102. The molecule has 0 amide bonds. The van der Waals surface area contributed by atoms with E-state index in [0.29, 0.717) is 17.5 Å². The number of para-hydroxylation sites is 1. The highest BCUT2D eigenvalue weighted by Gasteiger charge is 2.22. The van der Waals surface area contributed by atoms with Gasteiger partial charge in [0.25, 0.3) is 5.56 Å². The van der Waals surface area contributed by atoms with Gasteiger partial charge in [0.1, 0.15) is 18.0 Å². The summed E-state index contributed by atoms with van der Waals surface area (Å²) in [6.07, 6.45) is 1.61. The molecule has 0 aliphatic heterocycles. The molecule has 10 nitrogen and oxygen atoms in total. The highest BCUT2D eigenvalue weighted by molar-refractivity contribution is 7.99. The number of ketones is 1. The van der Waals surface area contributed by atoms with Crippen molar-refractivity contribution in [1.29, 1.82) is 0 Å². The molecule has 3 aromatic rings. The molecule has 1 aromatic carbocycles. The Balaban J connectivity index is 1.79. The number of allylic oxidation sites excluding steroid dienone is 1. The zero-order chi connectivity index (χ0) is 23.4. The average Bonchev–Trinajstić information content (AvgIpc) is 3.16. The molecule has 0 aliphatic carbocycles. The third-order valence-corrected chi connectivity index (χ3v) is 5.59. The van der Waals surface area contributed by atoms with Crippen LogP contribution in [0.25, 0.3) is 0 Å². The number of benzene rings is 1. The van der Waals surface area contributed by atoms with Crippen molar-refractivity contribution in [2.24, 2.45) is 14.1 Å². The van der Waals surface area contributed by atoms with Crippen molar-refractivity contribution < 1.29 is 13.9 Å². The van der Waals surface area contributed by atoms with E-state index in [1.54, 1.807) is 22.8 Å². The molecular formula is C20H21FN6O4S. The zero-order valence-electron chi connectivity index (χ0n) is 17.4. The first kappa shape index (κ1) is 23.0. The van der Waals surface area contributed by atoms with E-state index in [9.17, 15) is 18.8 Å². The summed E-state index contributed by atoms with van der Waals surface area (Å²) in [5.74, 6) is -0.942. The number of nitrogens with zero attached hydrogens (tertiary/aromatic N) is 5. The molecule has 0 saturated heterocycles. The van der Waals surface area contributed by atoms with Gasteiger partial charge in [0.05, 0.1) is 5.75 Å². The van der Waals surface area contributed by atoms with E-state index in [2.05, 4.69) is 16.8 Å². The molecule has 0 unspecified atom stereocenters. The minimum atomic E-state index is -0.761. The fourth-order valence-electron chi connectivity index (χ4n) is 2.87. The molecule has 0 bridgehead atoms. The second-order valence-electron chi connectivity index (χ2n) is 6.70. The Morgan fingerprint density at radius 1 is 1.25 bits per heavy atom. The van der Waals surface area contributed by atoms with Gasteiger partial charge in [0.2, 0.25) is 0 Å². The van der Waals surface area contributed by atoms with Gasteiger partial charge in [0.15, 0.2) is 28.3 Å². The molecule has 2 aromatic heterocycles. The van der Waals surface area contributed by atoms with E-state index in [0.717, 1.165) is 20.9 Å². The lowest BCUT2D eigenvalue weighted by Crippen LogP contribution is -2.41. The van der Waals surface area contributed by atoms with Gasteiger partial charge >= 0.3 is 5.69 Å². The van der Waals surface area contributed by atoms with Gasteiger partial charge in [-0.15, -0.1) is 16.8 Å². The molecule has 3 rings (SSSR count). The van der Waals surface area contributed by atoms with Crippen molar-refractivity contribution in [3.8, 4) is 5.75 Å². The van der Waals surface area contributed by atoms with Crippen LogP contribution >= 0.6 is 11.8 Å². The molecule has 2 N–H and O–H groups in total. The molecular weight excluding hydrogens is 439 g/mol. The maximum atomic E-state index is 13.8. The normalized spacial score (nSPS) is 10.8. The Hall–Kier alpha value is -3.67. The number of hydrogen-bond donors (Lipinski definition) is 1. The third kappa shape index (κ3) is 4.49. The quantitative estimate of drug-likeness (QED) is 0.286. The van der Waals surface area contributed by atoms with Crippen LogP contribution in [0, 0.1) is 5.82 Å². The van der Waals surface area contributed by atoms with Crippen molar-refractivity contribution in [3.63, 3.8) is 0 Å². The first-order valence-corrected chi connectivity index (χ1v) is 10.4. The molecule has 0 aliphatic rings. The average molecular weight is 460 g/mol. The Bertz CT molecular complexity index is 1300. The first-order valence-electron chi connectivity index (χ1n) is 9.38. The van der Waals surface area contributed by atoms with Gasteiger partial charge < -0.3 is 10.5 Å². The number of carbonyl (C=O) groups excluding carboxylic acids is 1. The number of carbonyl (C=O) groups is 1. The number of hydrogen-bond acceptors (Lipinski definition) is 8. The molecule has 0 atom stereocenters. The topological polar surface area (TPSA) is 127 Å². The Labute approximate surface area is 186 Å². The molecule has 168 valence electrons. The van der Waals surface area contributed by atoms with Gasteiger partial charge in [-0.05, 0) is 12.1 Å². The predicted octanol–water partition coefficient (Wildman–Crippen LogP) is 1.14.